The van der Waals surface area contributed by atoms with Gasteiger partial charge in [-0.15, -0.1) is 11.8 Å². The fraction of sp³-hybridized carbons (Fsp3) is 0.226. The lowest BCUT2D eigenvalue weighted by Crippen LogP contribution is -2.44. The molecule has 3 aromatic heterocycles. The molecule has 0 aliphatic rings. The Morgan fingerprint density at radius 2 is 0.985 bits per heavy atom. The van der Waals surface area contributed by atoms with Crippen molar-refractivity contribution in [3.05, 3.63) is 233 Å². The predicted octanol–water partition coefficient (Wildman–Crippen LogP) is 9.57. The first kappa shape index (κ1) is 46.5. The van der Waals surface area contributed by atoms with Gasteiger partial charge in [0.05, 0.1) is 21.3 Å². The van der Waals surface area contributed by atoms with Gasteiger partial charge in [-0.05, 0) is 49.9 Å². The van der Waals surface area contributed by atoms with Crippen molar-refractivity contribution in [2.24, 2.45) is 0 Å². The first-order chi connectivity index (χ1) is 31.7. The van der Waals surface area contributed by atoms with E-state index in [1.54, 1.807) is 41.8 Å². The van der Waals surface area contributed by atoms with Gasteiger partial charge in [-0.25, -0.2) is 9.59 Å². The van der Waals surface area contributed by atoms with Gasteiger partial charge in [-0.2, -0.15) is 0 Å². The summed E-state index contributed by atoms with van der Waals surface area (Å²) in [5, 5.41) is 0.865. The number of benzene rings is 5. The maximum Gasteiger partial charge on any atom is 0.331 e. The summed E-state index contributed by atoms with van der Waals surface area (Å²) in [6.45, 7) is 9.43. The van der Waals surface area contributed by atoms with E-state index in [1.165, 1.54) is 25.8 Å². The number of halogens is 1. The van der Waals surface area contributed by atoms with Crippen LogP contribution in [-0.4, -0.2) is 34.4 Å². The highest BCUT2D eigenvalue weighted by molar-refractivity contribution is 9.08. The second-order valence-corrected chi connectivity index (χ2v) is 17.1. The van der Waals surface area contributed by atoms with Crippen LogP contribution in [0.2, 0.25) is 0 Å². The van der Waals surface area contributed by atoms with Gasteiger partial charge in [0, 0.05) is 61.3 Å². The van der Waals surface area contributed by atoms with Crippen LogP contribution < -0.4 is 22.5 Å². The summed E-state index contributed by atoms with van der Waals surface area (Å²) in [5.41, 5.74) is 5.67. The highest BCUT2D eigenvalue weighted by Crippen LogP contribution is 2.48. The Morgan fingerprint density at radius 3 is 1.45 bits per heavy atom. The lowest BCUT2D eigenvalue weighted by atomic mass is 9.84. The Kier molecular flexibility index (Phi) is 15.0. The summed E-state index contributed by atoms with van der Waals surface area (Å²) < 4.78 is 7.37. The zero-order valence-corrected chi connectivity index (χ0v) is 39.4. The van der Waals surface area contributed by atoms with Crippen molar-refractivity contribution in [1.29, 1.82) is 0 Å². The van der Waals surface area contributed by atoms with Crippen molar-refractivity contribution in [2.45, 2.75) is 70.5 Å². The van der Waals surface area contributed by atoms with E-state index in [-0.39, 0.29) is 40.2 Å². The van der Waals surface area contributed by atoms with Crippen LogP contribution in [0.4, 0.5) is 0 Å². The number of fused-ring (bicyclic) bond motifs is 1. The number of carbonyl (C=O) groups is 1. The minimum Gasteiger partial charge on any atom is -0.344 e. The molecule has 3 heterocycles. The van der Waals surface area contributed by atoms with Crippen LogP contribution in [0.3, 0.4) is 0 Å². The van der Waals surface area contributed by atoms with E-state index in [1.807, 2.05) is 69.1 Å². The molecule has 0 saturated heterocycles. The van der Waals surface area contributed by atoms with E-state index in [0.717, 1.165) is 21.6 Å². The molecular weight excluding hydrogens is 899 g/mol. The molecule has 10 nitrogen and oxygen atoms in total. The Balaban J connectivity index is 0.000000241. The fourth-order valence-corrected chi connectivity index (χ4v) is 10.7. The van der Waals surface area contributed by atoms with Crippen LogP contribution in [0.25, 0.3) is 22.2 Å². The van der Waals surface area contributed by atoms with Crippen molar-refractivity contribution >= 4 is 44.4 Å². The van der Waals surface area contributed by atoms with Gasteiger partial charge in [0.15, 0.2) is 5.78 Å². The maximum absolute atomic E-state index is 13.8. The van der Waals surface area contributed by atoms with E-state index >= 15 is 0 Å². The summed E-state index contributed by atoms with van der Waals surface area (Å²) in [4.78, 5) is 64.7. The molecule has 5 aromatic carbocycles. The average Bonchev–Trinajstić information content (AvgIpc) is 3.73. The Bertz CT molecular complexity index is 3050. The first-order valence-electron chi connectivity index (χ1n) is 21.9. The summed E-state index contributed by atoms with van der Waals surface area (Å²) in [7, 11) is 0. The van der Waals surface area contributed by atoms with Crippen LogP contribution in [0, 0.1) is 0 Å². The Labute approximate surface area is 390 Å². The van der Waals surface area contributed by atoms with Crippen LogP contribution >= 0.6 is 27.7 Å². The standard InChI is InChI=1S/C37H35N3O2S.C16H17BrN2O3/c1-3-39-32-27-38(34(28-17-9-5-10-18-28)33(32)35(41)40(4-2)36(39)42)25-26-43-37(29-19-11-6-12-20-29,30-21-13-7-14-22-30)31-23-15-8-16-24-31;1-3-18-12(10-17)13(15(21)19(4-2)16(18)22)14(20)11-8-6-5-7-9-11/h5-24,27H,3-4,25-26H2,1-2H3;5-9H,3-4,10H2,1-2H3. The summed E-state index contributed by atoms with van der Waals surface area (Å²) >= 11 is 5.18. The Morgan fingerprint density at radius 1 is 0.554 bits per heavy atom. The van der Waals surface area contributed by atoms with E-state index in [4.69, 9.17) is 0 Å². The van der Waals surface area contributed by atoms with Crippen molar-refractivity contribution < 1.29 is 4.79 Å². The van der Waals surface area contributed by atoms with Gasteiger partial charge in [0.25, 0.3) is 11.1 Å². The number of hydrogen-bond acceptors (Lipinski definition) is 6. The van der Waals surface area contributed by atoms with Gasteiger partial charge in [0.2, 0.25) is 0 Å². The molecule has 0 radical (unpaired) electrons. The molecule has 0 bridgehead atoms. The number of hydrogen-bond donors (Lipinski definition) is 0. The highest BCUT2D eigenvalue weighted by atomic mass is 79.9. The molecule has 0 unspecified atom stereocenters. The highest BCUT2D eigenvalue weighted by Gasteiger charge is 2.37. The zero-order valence-electron chi connectivity index (χ0n) is 37.0. The summed E-state index contributed by atoms with van der Waals surface area (Å²) in [6, 6.07) is 50.7. The number of aryl methyl sites for hydroxylation is 2. The number of alkyl halides is 1. The number of aromatic nitrogens is 5. The molecule has 0 amide bonds. The van der Waals surface area contributed by atoms with Crippen LogP contribution in [-0.2, 0) is 42.8 Å². The molecule has 8 aromatic rings. The van der Waals surface area contributed by atoms with Gasteiger partial charge < -0.3 is 4.57 Å². The molecular formula is C53H52BrN5O5S. The van der Waals surface area contributed by atoms with Crippen LogP contribution in [0.1, 0.15) is 66.0 Å². The second kappa shape index (κ2) is 21.0. The second-order valence-electron chi connectivity index (χ2n) is 15.2. The maximum atomic E-state index is 13.8. The van der Waals surface area contributed by atoms with Crippen molar-refractivity contribution in [1.82, 2.24) is 22.8 Å². The molecule has 0 fully saturated rings. The third-order valence-electron chi connectivity index (χ3n) is 11.7. The molecule has 65 heavy (non-hydrogen) atoms. The molecule has 0 aliphatic heterocycles. The Hall–Kier alpha value is -6.50. The van der Waals surface area contributed by atoms with Crippen LogP contribution in [0.5, 0.6) is 0 Å². The lowest BCUT2D eigenvalue weighted by Gasteiger charge is -2.35. The van der Waals surface area contributed by atoms with Gasteiger partial charge in [-0.1, -0.05) is 168 Å². The number of nitrogens with zero attached hydrogens (tertiary/aromatic N) is 5. The third-order valence-corrected chi connectivity index (χ3v) is 13.8. The normalized spacial score (nSPS) is 11.3. The molecule has 8 rings (SSSR count). The molecule has 332 valence electrons. The number of rotatable bonds is 15. The summed E-state index contributed by atoms with van der Waals surface area (Å²) in [5.74, 6) is 0.405. The first-order valence-corrected chi connectivity index (χ1v) is 24.0. The smallest absolute Gasteiger partial charge is 0.331 e. The molecule has 0 spiro atoms. The van der Waals surface area contributed by atoms with Crippen LogP contribution in [0.15, 0.2) is 177 Å². The lowest BCUT2D eigenvalue weighted by molar-refractivity contribution is 0.103. The van der Waals surface area contributed by atoms with Crippen molar-refractivity contribution in [3.63, 3.8) is 0 Å². The molecule has 12 heteroatoms. The van der Waals surface area contributed by atoms with Crippen molar-refractivity contribution in [2.75, 3.05) is 5.75 Å². The molecule has 0 N–H and O–H groups in total. The van der Waals surface area contributed by atoms with E-state index < -0.39 is 10.3 Å². The fourth-order valence-electron chi connectivity index (χ4n) is 8.61. The number of thioether (sulfide) groups is 1. The van der Waals surface area contributed by atoms with Gasteiger partial charge >= 0.3 is 11.4 Å². The van der Waals surface area contributed by atoms with E-state index in [0.29, 0.717) is 48.3 Å². The zero-order chi connectivity index (χ0) is 46.1. The van der Waals surface area contributed by atoms with E-state index in [9.17, 15) is 24.0 Å². The third kappa shape index (κ3) is 8.97. The van der Waals surface area contributed by atoms with Gasteiger partial charge in [0.1, 0.15) is 5.56 Å². The van der Waals surface area contributed by atoms with Crippen molar-refractivity contribution in [3.8, 4) is 11.3 Å². The molecule has 0 atom stereocenters. The minimum atomic E-state index is -0.527. The number of carbonyl (C=O) groups excluding carboxylic acids is 1. The van der Waals surface area contributed by atoms with Gasteiger partial charge in [-0.3, -0.25) is 32.7 Å². The minimum absolute atomic E-state index is 0.0615. The van der Waals surface area contributed by atoms with E-state index in [2.05, 4.69) is 111 Å². The topological polar surface area (TPSA) is 110 Å². The molecule has 0 saturated carbocycles. The average molecular weight is 951 g/mol. The molecule has 0 aliphatic carbocycles. The summed E-state index contributed by atoms with van der Waals surface area (Å²) in [6.07, 6.45) is 2.00. The number of ketones is 1. The quantitative estimate of drug-likeness (QED) is 0.0576. The SMILES string of the molecule is CCn1c(=O)c2c(-c3ccccc3)n(CCSC(c3ccccc3)(c3ccccc3)c3ccccc3)cc2n(CC)c1=O.CCn1c(CBr)c(C(=O)c2ccccc2)c(=O)n(CC)c1=O. The predicted molar refractivity (Wildman–Crippen MR) is 268 cm³/mol. The monoisotopic (exact) mass is 949 g/mol. The largest absolute Gasteiger partial charge is 0.344 e.